The maximum absolute atomic E-state index is 11.9. The van der Waals surface area contributed by atoms with Crippen LogP contribution in [0.1, 0.15) is 44.1 Å². The van der Waals surface area contributed by atoms with Crippen LogP contribution in [0.25, 0.3) is 0 Å². The van der Waals surface area contributed by atoms with Crippen molar-refractivity contribution in [2.45, 2.75) is 44.6 Å². The predicted molar refractivity (Wildman–Crippen MR) is 109 cm³/mol. The van der Waals surface area contributed by atoms with Crippen molar-refractivity contribution in [3.8, 4) is 0 Å². The summed E-state index contributed by atoms with van der Waals surface area (Å²) in [7, 11) is -3.01. The van der Waals surface area contributed by atoms with Gasteiger partial charge in [0.2, 0.25) is 10.0 Å². The molecule has 1 saturated carbocycles. The second-order valence-electron chi connectivity index (χ2n) is 7.36. The highest BCUT2D eigenvalue weighted by Gasteiger charge is 2.31. The molecule has 0 amide bonds. The van der Waals surface area contributed by atoms with E-state index in [1.54, 1.807) is 11.2 Å². The first-order chi connectivity index (χ1) is 13.7. The average Bonchev–Trinajstić information content (AvgIpc) is 2.75. The molecule has 0 unspecified atom stereocenters. The average molecular weight is 427 g/mol. The molecule has 0 spiro atoms. The highest BCUT2D eigenvalue weighted by atomic mass is 32.2. The van der Waals surface area contributed by atoms with Gasteiger partial charge in [0.1, 0.15) is 0 Å². The van der Waals surface area contributed by atoms with Gasteiger partial charge in [-0.3, -0.25) is 4.90 Å². The molecule has 1 aliphatic heterocycles. The SMILES string of the molecule is CCS(=O)(=O)N1CCN(C2CCC(c3ccccc3)CC2)CC1.O=C(O)C(=O)O. The lowest BCUT2D eigenvalue weighted by atomic mass is 9.81. The first-order valence-corrected chi connectivity index (χ1v) is 11.6. The summed E-state index contributed by atoms with van der Waals surface area (Å²) in [5, 5.41) is 14.8. The fourth-order valence-corrected chi connectivity index (χ4v) is 5.11. The highest BCUT2D eigenvalue weighted by Crippen LogP contribution is 2.35. The second-order valence-corrected chi connectivity index (χ2v) is 9.62. The van der Waals surface area contributed by atoms with E-state index in [9.17, 15) is 8.42 Å². The number of nitrogens with zero attached hydrogens (tertiary/aromatic N) is 2. The molecular formula is C20H30N2O6S. The first kappa shape index (κ1) is 23.3. The number of sulfonamides is 1. The van der Waals surface area contributed by atoms with Gasteiger partial charge < -0.3 is 10.2 Å². The van der Waals surface area contributed by atoms with Crippen molar-refractivity contribution in [1.29, 1.82) is 0 Å². The Morgan fingerprint density at radius 2 is 1.45 bits per heavy atom. The molecule has 1 aromatic carbocycles. The van der Waals surface area contributed by atoms with Gasteiger partial charge in [-0.05, 0) is 44.1 Å². The summed E-state index contributed by atoms with van der Waals surface area (Å²) in [4.78, 5) is 20.7. The fraction of sp³-hybridized carbons (Fsp3) is 0.600. The number of hydrogen-bond donors (Lipinski definition) is 2. The van der Waals surface area contributed by atoms with Gasteiger partial charge in [0.15, 0.2) is 0 Å². The number of carboxylic acids is 2. The van der Waals surface area contributed by atoms with Crippen molar-refractivity contribution < 1.29 is 28.2 Å². The fourth-order valence-electron chi connectivity index (χ4n) is 4.03. The van der Waals surface area contributed by atoms with Gasteiger partial charge in [-0.1, -0.05) is 30.3 Å². The van der Waals surface area contributed by atoms with E-state index < -0.39 is 22.0 Å². The van der Waals surface area contributed by atoms with Gasteiger partial charge in [0, 0.05) is 32.2 Å². The summed E-state index contributed by atoms with van der Waals surface area (Å²) >= 11 is 0. The lowest BCUT2D eigenvalue weighted by Crippen LogP contribution is -2.52. The molecule has 8 nitrogen and oxygen atoms in total. The largest absolute Gasteiger partial charge is 0.473 e. The van der Waals surface area contributed by atoms with Crippen molar-refractivity contribution >= 4 is 22.0 Å². The molecule has 1 aliphatic carbocycles. The Hall–Kier alpha value is -1.97. The van der Waals surface area contributed by atoms with Gasteiger partial charge in [-0.25, -0.2) is 18.0 Å². The molecule has 2 N–H and O–H groups in total. The quantitative estimate of drug-likeness (QED) is 0.706. The minimum atomic E-state index is -3.01. The van der Waals surface area contributed by atoms with Crippen LogP contribution in [0.4, 0.5) is 0 Å². The van der Waals surface area contributed by atoms with Crippen LogP contribution in [0.5, 0.6) is 0 Å². The van der Waals surface area contributed by atoms with E-state index in [2.05, 4.69) is 35.2 Å². The van der Waals surface area contributed by atoms with E-state index in [0.29, 0.717) is 25.0 Å². The highest BCUT2D eigenvalue weighted by molar-refractivity contribution is 7.89. The van der Waals surface area contributed by atoms with E-state index >= 15 is 0 Å². The van der Waals surface area contributed by atoms with Gasteiger partial charge in [-0.2, -0.15) is 4.31 Å². The lowest BCUT2D eigenvalue weighted by molar-refractivity contribution is -0.159. The topological polar surface area (TPSA) is 115 Å². The molecule has 0 aromatic heterocycles. The van der Waals surface area contributed by atoms with E-state index in [-0.39, 0.29) is 5.75 Å². The maximum Gasteiger partial charge on any atom is 0.414 e. The Labute approximate surface area is 172 Å². The van der Waals surface area contributed by atoms with Crippen LogP contribution in [0, 0.1) is 0 Å². The molecule has 1 aromatic rings. The van der Waals surface area contributed by atoms with Crippen LogP contribution in [0.3, 0.4) is 0 Å². The van der Waals surface area contributed by atoms with Crippen molar-refractivity contribution in [3.05, 3.63) is 35.9 Å². The van der Waals surface area contributed by atoms with Crippen LogP contribution < -0.4 is 0 Å². The minimum absolute atomic E-state index is 0.217. The van der Waals surface area contributed by atoms with Crippen LogP contribution >= 0.6 is 0 Å². The summed E-state index contributed by atoms with van der Waals surface area (Å²) in [6, 6.07) is 11.5. The van der Waals surface area contributed by atoms with Crippen molar-refractivity contribution in [3.63, 3.8) is 0 Å². The predicted octanol–water partition coefficient (Wildman–Crippen LogP) is 1.84. The third-order valence-corrected chi connectivity index (χ3v) is 7.58. The Bertz CT molecular complexity index is 755. The number of rotatable bonds is 4. The van der Waals surface area contributed by atoms with Gasteiger partial charge in [-0.15, -0.1) is 0 Å². The minimum Gasteiger partial charge on any atom is -0.473 e. The number of carboxylic acid groups (broad SMARTS) is 2. The summed E-state index contributed by atoms with van der Waals surface area (Å²) in [5.74, 6) is -2.73. The zero-order chi connectivity index (χ0) is 21.4. The molecule has 0 radical (unpaired) electrons. The summed E-state index contributed by atoms with van der Waals surface area (Å²) in [5.41, 5.74) is 1.48. The molecule has 1 saturated heterocycles. The van der Waals surface area contributed by atoms with Crippen molar-refractivity contribution in [2.24, 2.45) is 0 Å². The summed E-state index contributed by atoms with van der Waals surface area (Å²) in [6.07, 6.45) is 4.98. The summed E-state index contributed by atoms with van der Waals surface area (Å²) < 4.78 is 25.6. The Balaban J connectivity index is 0.000000438. The summed E-state index contributed by atoms with van der Waals surface area (Å²) in [6.45, 7) is 4.83. The molecule has 9 heteroatoms. The maximum atomic E-state index is 11.9. The molecule has 2 aliphatic rings. The molecule has 1 heterocycles. The van der Waals surface area contributed by atoms with Gasteiger partial charge >= 0.3 is 11.9 Å². The molecule has 29 heavy (non-hydrogen) atoms. The smallest absolute Gasteiger partial charge is 0.414 e. The number of carbonyl (C=O) groups is 2. The van der Waals surface area contributed by atoms with Crippen LogP contribution in [0.15, 0.2) is 30.3 Å². The monoisotopic (exact) mass is 426 g/mol. The van der Waals surface area contributed by atoms with Crippen molar-refractivity contribution in [1.82, 2.24) is 9.21 Å². The van der Waals surface area contributed by atoms with Crippen molar-refractivity contribution in [2.75, 3.05) is 31.9 Å². The van der Waals surface area contributed by atoms with E-state index in [1.807, 2.05) is 0 Å². The first-order valence-electron chi connectivity index (χ1n) is 9.97. The molecule has 2 fully saturated rings. The Morgan fingerprint density at radius 3 is 1.90 bits per heavy atom. The zero-order valence-corrected chi connectivity index (χ0v) is 17.6. The second kappa shape index (κ2) is 10.7. The van der Waals surface area contributed by atoms with E-state index in [1.165, 1.54) is 31.2 Å². The third kappa shape index (κ3) is 6.80. The lowest BCUT2D eigenvalue weighted by Gasteiger charge is -2.41. The normalized spacial score (nSPS) is 23.6. The molecule has 162 valence electrons. The number of aliphatic carboxylic acids is 2. The van der Waals surface area contributed by atoms with Crippen LogP contribution in [0.2, 0.25) is 0 Å². The van der Waals surface area contributed by atoms with Crippen LogP contribution in [-0.4, -0.2) is 77.7 Å². The molecule has 3 rings (SSSR count). The third-order valence-electron chi connectivity index (χ3n) is 5.70. The van der Waals surface area contributed by atoms with Crippen LogP contribution in [-0.2, 0) is 19.6 Å². The number of benzene rings is 1. The van der Waals surface area contributed by atoms with E-state index in [4.69, 9.17) is 19.8 Å². The molecule has 0 atom stereocenters. The number of piperazine rings is 1. The van der Waals surface area contributed by atoms with Gasteiger partial charge in [0.25, 0.3) is 0 Å². The standard InChI is InChI=1S/C18H28N2O2S.C2H2O4/c1-2-23(21,22)20-14-12-19(13-15-20)18-10-8-17(9-11-18)16-6-4-3-5-7-16;3-1(4)2(5)6/h3-7,17-18H,2,8-15H2,1H3;(H,3,4)(H,5,6). The molecular weight excluding hydrogens is 396 g/mol. The number of hydrogen-bond acceptors (Lipinski definition) is 5. The Morgan fingerprint density at radius 1 is 0.931 bits per heavy atom. The van der Waals surface area contributed by atoms with E-state index in [0.717, 1.165) is 13.1 Å². The zero-order valence-electron chi connectivity index (χ0n) is 16.7. The Kier molecular flexibility index (Phi) is 8.60. The van der Waals surface area contributed by atoms with Gasteiger partial charge in [0.05, 0.1) is 5.75 Å². The molecule has 0 bridgehead atoms.